The summed E-state index contributed by atoms with van der Waals surface area (Å²) < 4.78 is 0. The molecule has 0 radical (unpaired) electrons. The molecule has 0 unspecified atom stereocenters. The normalized spacial score (nSPS) is 11.7. The SMILES string of the molecule is C(=C(/c1ccccc1)c1ccc2ccccc2c1)/C(c1ccccc1)c1ccccc1. The molecule has 0 saturated heterocycles. The number of hydrogen-bond donors (Lipinski definition) is 0. The molecule has 0 nitrogen and oxygen atoms in total. The monoisotopic (exact) mass is 396 g/mol. The number of fused-ring (bicyclic) bond motifs is 1. The zero-order chi connectivity index (χ0) is 20.9. The van der Waals surface area contributed by atoms with E-state index >= 15 is 0 Å². The van der Waals surface area contributed by atoms with Crippen LogP contribution in [0.5, 0.6) is 0 Å². The summed E-state index contributed by atoms with van der Waals surface area (Å²) >= 11 is 0. The van der Waals surface area contributed by atoms with Crippen LogP contribution in [0.3, 0.4) is 0 Å². The minimum atomic E-state index is 0.170. The average molecular weight is 397 g/mol. The van der Waals surface area contributed by atoms with Crippen molar-refractivity contribution in [2.45, 2.75) is 5.92 Å². The standard InChI is InChI=1S/C31H24/c1-4-13-25(14-5-1)30(26-15-6-2-7-16-26)23-31(27-17-8-3-9-18-27)29-21-20-24-12-10-11-19-28(24)22-29/h1-23,30H/b31-23+. The summed E-state index contributed by atoms with van der Waals surface area (Å²) in [4.78, 5) is 0. The van der Waals surface area contributed by atoms with E-state index < -0.39 is 0 Å². The van der Waals surface area contributed by atoms with E-state index in [9.17, 15) is 0 Å². The molecule has 5 aromatic rings. The number of benzene rings is 5. The Morgan fingerprint density at radius 2 is 0.968 bits per heavy atom. The highest BCUT2D eigenvalue weighted by molar-refractivity contribution is 5.89. The smallest absolute Gasteiger partial charge is 0.0278 e. The highest BCUT2D eigenvalue weighted by atomic mass is 14.2. The quantitative estimate of drug-likeness (QED) is 0.281. The molecule has 0 spiro atoms. The maximum absolute atomic E-state index is 2.42. The Bertz CT molecular complexity index is 1260. The van der Waals surface area contributed by atoms with Gasteiger partial charge in [-0.15, -0.1) is 0 Å². The Morgan fingerprint density at radius 3 is 1.58 bits per heavy atom. The van der Waals surface area contributed by atoms with Gasteiger partial charge in [-0.3, -0.25) is 0 Å². The van der Waals surface area contributed by atoms with E-state index in [1.54, 1.807) is 0 Å². The van der Waals surface area contributed by atoms with Crippen LogP contribution in [0.15, 0.2) is 140 Å². The molecular weight excluding hydrogens is 372 g/mol. The predicted molar refractivity (Wildman–Crippen MR) is 132 cm³/mol. The van der Waals surface area contributed by atoms with Gasteiger partial charge in [0.25, 0.3) is 0 Å². The van der Waals surface area contributed by atoms with Crippen molar-refractivity contribution < 1.29 is 0 Å². The molecule has 0 amide bonds. The molecule has 0 fully saturated rings. The lowest BCUT2D eigenvalue weighted by Crippen LogP contribution is -2.00. The van der Waals surface area contributed by atoms with E-state index in [0.29, 0.717) is 0 Å². The summed E-state index contributed by atoms with van der Waals surface area (Å²) in [6.45, 7) is 0. The van der Waals surface area contributed by atoms with Gasteiger partial charge >= 0.3 is 0 Å². The molecule has 0 heteroatoms. The van der Waals surface area contributed by atoms with Crippen molar-refractivity contribution in [3.63, 3.8) is 0 Å². The largest absolute Gasteiger partial charge is 0.0642 e. The minimum Gasteiger partial charge on any atom is -0.0642 e. The van der Waals surface area contributed by atoms with Crippen LogP contribution in [0.4, 0.5) is 0 Å². The molecule has 0 bridgehead atoms. The van der Waals surface area contributed by atoms with Gasteiger partial charge < -0.3 is 0 Å². The maximum atomic E-state index is 2.42. The van der Waals surface area contributed by atoms with Gasteiger partial charge in [0.05, 0.1) is 0 Å². The first kappa shape index (κ1) is 19.1. The number of allylic oxidation sites excluding steroid dienone is 1. The van der Waals surface area contributed by atoms with E-state index in [4.69, 9.17) is 0 Å². The minimum absolute atomic E-state index is 0.170. The molecular formula is C31H24. The van der Waals surface area contributed by atoms with Crippen LogP contribution in [0.2, 0.25) is 0 Å². The van der Waals surface area contributed by atoms with Crippen molar-refractivity contribution in [1.29, 1.82) is 0 Å². The molecule has 0 heterocycles. The molecule has 0 N–H and O–H groups in total. The second-order valence-corrected chi connectivity index (χ2v) is 7.81. The van der Waals surface area contributed by atoms with Crippen molar-refractivity contribution >= 4 is 16.3 Å². The first-order valence-electron chi connectivity index (χ1n) is 10.7. The van der Waals surface area contributed by atoms with Crippen LogP contribution in [-0.4, -0.2) is 0 Å². The number of rotatable bonds is 5. The predicted octanol–water partition coefficient (Wildman–Crippen LogP) is 8.10. The Morgan fingerprint density at radius 1 is 0.452 bits per heavy atom. The Kier molecular flexibility index (Phi) is 5.45. The second kappa shape index (κ2) is 8.85. The van der Waals surface area contributed by atoms with Crippen molar-refractivity contribution in [2.24, 2.45) is 0 Å². The lowest BCUT2D eigenvalue weighted by molar-refractivity contribution is 1.03. The summed E-state index contributed by atoms with van der Waals surface area (Å²) in [5.41, 5.74) is 6.31. The average Bonchev–Trinajstić information content (AvgIpc) is 2.86. The van der Waals surface area contributed by atoms with Gasteiger partial charge in [-0.1, -0.05) is 133 Å². The second-order valence-electron chi connectivity index (χ2n) is 7.81. The third kappa shape index (κ3) is 4.20. The summed E-state index contributed by atoms with van der Waals surface area (Å²) in [5.74, 6) is 0.170. The molecule has 0 aromatic heterocycles. The Balaban J connectivity index is 1.72. The molecule has 5 aromatic carbocycles. The van der Waals surface area contributed by atoms with E-state index in [0.717, 1.165) is 0 Å². The summed E-state index contributed by atoms with van der Waals surface area (Å²) in [6.07, 6.45) is 2.42. The third-order valence-corrected chi connectivity index (χ3v) is 5.80. The van der Waals surface area contributed by atoms with Crippen LogP contribution >= 0.6 is 0 Å². The van der Waals surface area contributed by atoms with Gasteiger partial charge in [-0.2, -0.15) is 0 Å². The van der Waals surface area contributed by atoms with Gasteiger partial charge in [-0.05, 0) is 44.7 Å². The Labute approximate surface area is 184 Å². The van der Waals surface area contributed by atoms with Crippen molar-refractivity contribution in [2.75, 3.05) is 0 Å². The van der Waals surface area contributed by atoms with Crippen LogP contribution in [0.25, 0.3) is 16.3 Å². The fraction of sp³-hybridized carbons (Fsp3) is 0.0323. The molecule has 0 atom stereocenters. The molecule has 0 aliphatic heterocycles. The van der Waals surface area contributed by atoms with Crippen LogP contribution in [-0.2, 0) is 0 Å². The van der Waals surface area contributed by atoms with E-state index in [1.165, 1.54) is 38.6 Å². The first-order chi connectivity index (χ1) is 15.4. The van der Waals surface area contributed by atoms with Crippen LogP contribution in [0.1, 0.15) is 28.2 Å². The maximum Gasteiger partial charge on any atom is 0.0278 e. The summed E-state index contributed by atoms with van der Waals surface area (Å²) in [6, 6.07) is 47.6. The van der Waals surface area contributed by atoms with Gasteiger partial charge in [-0.25, -0.2) is 0 Å². The zero-order valence-electron chi connectivity index (χ0n) is 17.4. The van der Waals surface area contributed by atoms with Gasteiger partial charge in [0.1, 0.15) is 0 Å². The third-order valence-electron chi connectivity index (χ3n) is 5.80. The molecule has 0 saturated carbocycles. The van der Waals surface area contributed by atoms with Gasteiger partial charge in [0.15, 0.2) is 0 Å². The number of hydrogen-bond acceptors (Lipinski definition) is 0. The van der Waals surface area contributed by atoms with E-state index in [-0.39, 0.29) is 5.92 Å². The zero-order valence-corrected chi connectivity index (χ0v) is 17.4. The highest BCUT2D eigenvalue weighted by Crippen LogP contribution is 2.33. The first-order valence-corrected chi connectivity index (χ1v) is 10.7. The van der Waals surface area contributed by atoms with E-state index in [2.05, 4.69) is 140 Å². The van der Waals surface area contributed by atoms with Crippen molar-refractivity contribution in [3.8, 4) is 0 Å². The topological polar surface area (TPSA) is 0 Å². The molecule has 5 rings (SSSR count). The fourth-order valence-corrected chi connectivity index (χ4v) is 4.21. The van der Waals surface area contributed by atoms with Crippen LogP contribution < -0.4 is 0 Å². The molecule has 0 aliphatic carbocycles. The Hall–Kier alpha value is -3.90. The lowest BCUT2D eigenvalue weighted by Gasteiger charge is -2.18. The van der Waals surface area contributed by atoms with Crippen molar-refractivity contribution in [3.05, 3.63) is 162 Å². The lowest BCUT2D eigenvalue weighted by atomic mass is 9.86. The van der Waals surface area contributed by atoms with Gasteiger partial charge in [0.2, 0.25) is 0 Å². The molecule has 148 valence electrons. The van der Waals surface area contributed by atoms with Crippen LogP contribution in [0, 0.1) is 0 Å². The fourth-order valence-electron chi connectivity index (χ4n) is 4.21. The molecule has 31 heavy (non-hydrogen) atoms. The van der Waals surface area contributed by atoms with Crippen molar-refractivity contribution in [1.82, 2.24) is 0 Å². The summed E-state index contributed by atoms with van der Waals surface area (Å²) in [5, 5.41) is 2.53. The highest BCUT2D eigenvalue weighted by Gasteiger charge is 2.15. The van der Waals surface area contributed by atoms with Gasteiger partial charge in [0, 0.05) is 5.92 Å². The summed E-state index contributed by atoms with van der Waals surface area (Å²) in [7, 11) is 0. The van der Waals surface area contributed by atoms with E-state index in [1.807, 2.05) is 0 Å². The molecule has 0 aliphatic rings.